The third-order valence-corrected chi connectivity index (χ3v) is 3.40. The van der Waals surface area contributed by atoms with Crippen LogP contribution in [0.4, 0.5) is 0 Å². The summed E-state index contributed by atoms with van der Waals surface area (Å²) in [5, 5.41) is 7.28. The molecule has 1 heterocycles. The molecule has 1 N–H and O–H groups in total. The van der Waals surface area contributed by atoms with E-state index in [1.165, 1.54) is 11.1 Å². The molecule has 102 valence electrons. The second-order valence-electron chi connectivity index (χ2n) is 4.16. The molecule has 0 fully saturated rings. The van der Waals surface area contributed by atoms with Gasteiger partial charge in [0.25, 0.3) is 0 Å². The molecule has 3 nitrogen and oxygen atoms in total. The van der Waals surface area contributed by atoms with Crippen LogP contribution in [-0.2, 0) is 13.2 Å². The molecule has 4 heteroatoms. The van der Waals surface area contributed by atoms with Gasteiger partial charge >= 0.3 is 0 Å². The Hall–Kier alpha value is -1.52. The average Bonchev–Trinajstić information content (AvgIpc) is 2.92. The van der Waals surface area contributed by atoms with Gasteiger partial charge in [0.1, 0.15) is 6.61 Å². The largest absolute Gasteiger partial charge is 0.490 e. The minimum atomic E-state index is 0.578. The summed E-state index contributed by atoms with van der Waals surface area (Å²) in [5.41, 5.74) is 2.38. The van der Waals surface area contributed by atoms with Crippen LogP contribution >= 0.6 is 11.3 Å². The first-order valence-electron chi connectivity index (χ1n) is 6.37. The lowest BCUT2D eigenvalue weighted by atomic mass is 10.2. The number of thiophene rings is 1. The zero-order valence-electron chi connectivity index (χ0n) is 11.3. The smallest absolute Gasteiger partial charge is 0.161 e. The maximum Gasteiger partial charge on any atom is 0.161 e. The standard InChI is InChI=1S/C15H19NO2S/c1-3-17-15-8-12(9-16-2)4-5-14(15)18-10-13-6-7-19-11-13/h4-8,11,16H,3,9-10H2,1-2H3. The maximum absolute atomic E-state index is 5.83. The second-order valence-corrected chi connectivity index (χ2v) is 4.94. The molecule has 19 heavy (non-hydrogen) atoms. The normalized spacial score (nSPS) is 10.4. The Morgan fingerprint density at radius 1 is 1.11 bits per heavy atom. The number of rotatable bonds is 7. The summed E-state index contributed by atoms with van der Waals surface area (Å²) in [6, 6.07) is 8.13. The molecule has 2 aromatic rings. The van der Waals surface area contributed by atoms with Crippen molar-refractivity contribution in [2.24, 2.45) is 0 Å². The molecular weight excluding hydrogens is 258 g/mol. The van der Waals surface area contributed by atoms with Gasteiger partial charge in [0, 0.05) is 6.54 Å². The van der Waals surface area contributed by atoms with Crippen molar-refractivity contribution in [1.82, 2.24) is 5.32 Å². The summed E-state index contributed by atoms with van der Waals surface area (Å²) >= 11 is 1.68. The molecule has 0 radical (unpaired) electrons. The predicted octanol–water partition coefficient (Wildman–Crippen LogP) is 3.45. The van der Waals surface area contributed by atoms with Crippen molar-refractivity contribution < 1.29 is 9.47 Å². The molecule has 0 spiro atoms. The Labute approximate surface area is 118 Å². The van der Waals surface area contributed by atoms with E-state index in [1.54, 1.807) is 11.3 Å². The van der Waals surface area contributed by atoms with E-state index in [9.17, 15) is 0 Å². The highest BCUT2D eigenvalue weighted by molar-refractivity contribution is 7.07. The molecule has 0 unspecified atom stereocenters. The molecule has 2 rings (SSSR count). The van der Waals surface area contributed by atoms with Gasteiger partial charge in [-0.25, -0.2) is 0 Å². The van der Waals surface area contributed by atoms with E-state index in [1.807, 2.05) is 26.1 Å². The molecule has 1 aromatic carbocycles. The Balaban J connectivity index is 2.09. The van der Waals surface area contributed by atoms with Gasteiger partial charge in [0.15, 0.2) is 11.5 Å². The lowest BCUT2D eigenvalue weighted by Gasteiger charge is -2.13. The Bertz CT molecular complexity index is 497. The summed E-state index contributed by atoms with van der Waals surface area (Å²) < 4.78 is 11.5. The van der Waals surface area contributed by atoms with Gasteiger partial charge in [-0.2, -0.15) is 11.3 Å². The SMILES string of the molecule is CCOc1cc(CNC)ccc1OCc1ccsc1. The molecule has 0 bridgehead atoms. The van der Waals surface area contributed by atoms with Gasteiger partial charge in [0.05, 0.1) is 6.61 Å². The van der Waals surface area contributed by atoms with Gasteiger partial charge < -0.3 is 14.8 Å². The second kappa shape index (κ2) is 7.16. The monoisotopic (exact) mass is 277 g/mol. The van der Waals surface area contributed by atoms with E-state index in [0.717, 1.165) is 18.0 Å². The number of hydrogen-bond acceptors (Lipinski definition) is 4. The molecular formula is C15H19NO2S. The third-order valence-electron chi connectivity index (χ3n) is 2.66. The maximum atomic E-state index is 5.83. The van der Waals surface area contributed by atoms with Crippen LogP contribution < -0.4 is 14.8 Å². The van der Waals surface area contributed by atoms with E-state index in [2.05, 4.69) is 28.2 Å². The molecule has 0 saturated carbocycles. The van der Waals surface area contributed by atoms with Crippen LogP contribution in [-0.4, -0.2) is 13.7 Å². The van der Waals surface area contributed by atoms with Crippen LogP contribution in [0.15, 0.2) is 35.0 Å². The van der Waals surface area contributed by atoms with Crippen LogP contribution in [0.25, 0.3) is 0 Å². The zero-order valence-corrected chi connectivity index (χ0v) is 12.1. The molecule has 0 saturated heterocycles. The fourth-order valence-electron chi connectivity index (χ4n) is 1.79. The number of nitrogens with one attached hydrogen (secondary N) is 1. The highest BCUT2D eigenvalue weighted by atomic mass is 32.1. The first-order chi connectivity index (χ1) is 9.33. The fraction of sp³-hybridized carbons (Fsp3) is 0.333. The van der Waals surface area contributed by atoms with Crippen molar-refractivity contribution >= 4 is 11.3 Å². The minimum Gasteiger partial charge on any atom is -0.490 e. The number of hydrogen-bond donors (Lipinski definition) is 1. The topological polar surface area (TPSA) is 30.5 Å². The van der Waals surface area contributed by atoms with Crippen molar-refractivity contribution in [2.75, 3.05) is 13.7 Å². The molecule has 0 amide bonds. The Morgan fingerprint density at radius 2 is 2.00 bits per heavy atom. The van der Waals surface area contributed by atoms with E-state index < -0.39 is 0 Å². The number of ether oxygens (including phenoxy) is 2. The Kier molecular flexibility index (Phi) is 5.24. The van der Waals surface area contributed by atoms with Crippen molar-refractivity contribution in [3.63, 3.8) is 0 Å². The lowest BCUT2D eigenvalue weighted by Crippen LogP contribution is -2.06. The summed E-state index contributed by atoms with van der Waals surface area (Å²) in [6.07, 6.45) is 0. The van der Waals surface area contributed by atoms with E-state index in [-0.39, 0.29) is 0 Å². The summed E-state index contributed by atoms with van der Waals surface area (Å²) in [4.78, 5) is 0. The highest BCUT2D eigenvalue weighted by Crippen LogP contribution is 2.29. The Morgan fingerprint density at radius 3 is 2.68 bits per heavy atom. The van der Waals surface area contributed by atoms with E-state index >= 15 is 0 Å². The van der Waals surface area contributed by atoms with Gasteiger partial charge in [-0.3, -0.25) is 0 Å². The van der Waals surface area contributed by atoms with Crippen molar-refractivity contribution in [2.45, 2.75) is 20.1 Å². The minimum absolute atomic E-state index is 0.578. The van der Waals surface area contributed by atoms with Crippen LogP contribution in [0.2, 0.25) is 0 Å². The third kappa shape index (κ3) is 3.98. The lowest BCUT2D eigenvalue weighted by molar-refractivity contribution is 0.269. The highest BCUT2D eigenvalue weighted by Gasteiger charge is 2.07. The van der Waals surface area contributed by atoms with Crippen molar-refractivity contribution in [3.8, 4) is 11.5 Å². The molecule has 0 atom stereocenters. The fourth-order valence-corrected chi connectivity index (χ4v) is 2.44. The van der Waals surface area contributed by atoms with Crippen molar-refractivity contribution in [3.05, 3.63) is 46.2 Å². The predicted molar refractivity (Wildman–Crippen MR) is 79.0 cm³/mol. The number of benzene rings is 1. The summed E-state index contributed by atoms with van der Waals surface area (Å²) in [6.45, 7) is 4.02. The van der Waals surface area contributed by atoms with Crippen LogP contribution in [0, 0.1) is 0 Å². The molecule has 0 aliphatic carbocycles. The van der Waals surface area contributed by atoms with Crippen LogP contribution in [0.1, 0.15) is 18.1 Å². The van der Waals surface area contributed by atoms with Gasteiger partial charge in [-0.1, -0.05) is 6.07 Å². The zero-order chi connectivity index (χ0) is 13.5. The van der Waals surface area contributed by atoms with E-state index in [0.29, 0.717) is 13.2 Å². The van der Waals surface area contributed by atoms with E-state index in [4.69, 9.17) is 9.47 Å². The van der Waals surface area contributed by atoms with Crippen LogP contribution in [0.5, 0.6) is 11.5 Å². The van der Waals surface area contributed by atoms with Crippen molar-refractivity contribution in [1.29, 1.82) is 0 Å². The van der Waals surface area contributed by atoms with Crippen LogP contribution in [0.3, 0.4) is 0 Å². The van der Waals surface area contributed by atoms with Gasteiger partial charge in [-0.05, 0) is 54.1 Å². The van der Waals surface area contributed by atoms with Gasteiger partial charge in [-0.15, -0.1) is 0 Å². The van der Waals surface area contributed by atoms with Gasteiger partial charge in [0.2, 0.25) is 0 Å². The summed E-state index contributed by atoms with van der Waals surface area (Å²) in [7, 11) is 1.93. The molecule has 1 aromatic heterocycles. The molecule has 0 aliphatic heterocycles. The quantitative estimate of drug-likeness (QED) is 0.841. The first-order valence-corrected chi connectivity index (χ1v) is 7.32. The first kappa shape index (κ1) is 13.9. The average molecular weight is 277 g/mol. The molecule has 0 aliphatic rings. The summed E-state index contributed by atoms with van der Waals surface area (Å²) in [5.74, 6) is 1.61.